The lowest BCUT2D eigenvalue weighted by molar-refractivity contribution is -0.268. The Morgan fingerprint density at radius 3 is 2.45 bits per heavy atom. The minimum absolute atomic E-state index is 0.186. The zero-order valence-corrected chi connectivity index (χ0v) is 18.1. The minimum Gasteiger partial charge on any atom is -0.490 e. The lowest BCUT2D eigenvalue weighted by Gasteiger charge is -2.35. The number of nitrogens with zero attached hydrogens (tertiary/aromatic N) is 2. The highest BCUT2D eigenvalue weighted by atomic mass is 32.1. The van der Waals surface area contributed by atoms with Gasteiger partial charge in [-0.25, -0.2) is 4.98 Å². The van der Waals surface area contributed by atoms with Crippen LogP contribution in [0.3, 0.4) is 0 Å². The quantitative estimate of drug-likeness (QED) is 0.678. The van der Waals surface area contributed by atoms with Crippen molar-refractivity contribution in [3.8, 4) is 11.5 Å². The number of aliphatic hydroxyl groups is 1. The van der Waals surface area contributed by atoms with Crippen molar-refractivity contribution in [2.24, 2.45) is 0 Å². The predicted molar refractivity (Wildman–Crippen MR) is 109 cm³/mol. The van der Waals surface area contributed by atoms with Gasteiger partial charge in [0.1, 0.15) is 11.1 Å². The molecular formula is C21H25F3N2O4S. The second-order valence-electron chi connectivity index (χ2n) is 7.41. The van der Waals surface area contributed by atoms with E-state index in [9.17, 15) is 23.1 Å². The molecule has 2 heterocycles. The predicted octanol–water partition coefficient (Wildman–Crippen LogP) is 4.06. The number of benzene rings is 1. The van der Waals surface area contributed by atoms with E-state index in [1.54, 1.807) is 12.1 Å². The van der Waals surface area contributed by atoms with E-state index in [1.807, 2.05) is 19.1 Å². The van der Waals surface area contributed by atoms with Crippen LogP contribution in [0.4, 0.5) is 13.2 Å². The molecule has 1 unspecified atom stereocenters. The van der Waals surface area contributed by atoms with E-state index in [0.29, 0.717) is 48.0 Å². The average Bonchev–Trinajstić information content (AvgIpc) is 3.16. The Labute approximate surface area is 182 Å². The number of aryl methyl sites for hydroxylation is 1. The van der Waals surface area contributed by atoms with Gasteiger partial charge in [0.25, 0.3) is 0 Å². The van der Waals surface area contributed by atoms with Gasteiger partial charge in [0.05, 0.1) is 13.0 Å². The highest BCUT2D eigenvalue weighted by Crippen LogP contribution is 2.43. The molecule has 0 radical (unpaired) electrons. The number of carbonyl (C=O) groups excluding carboxylic acids is 1. The van der Waals surface area contributed by atoms with Crippen molar-refractivity contribution < 1.29 is 32.5 Å². The molecule has 6 nitrogen and oxygen atoms in total. The van der Waals surface area contributed by atoms with Crippen molar-refractivity contribution in [1.29, 1.82) is 0 Å². The average molecular weight is 459 g/mol. The second-order valence-corrected chi connectivity index (χ2v) is 8.26. The fraction of sp³-hybridized carbons (Fsp3) is 0.524. The highest BCUT2D eigenvalue weighted by Gasteiger charge is 2.58. The van der Waals surface area contributed by atoms with Crippen LogP contribution in [-0.4, -0.2) is 52.9 Å². The Hall–Kier alpha value is -2.33. The Kier molecular flexibility index (Phi) is 7.10. The molecule has 31 heavy (non-hydrogen) atoms. The number of thiazole rings is 1. The van der Waals surface area contributed by atoms with Crippen molar-refractivity contribution in [1.82, 2.24) is 9.88 Å². The first kappa shape index (κ1) is 23.3. The van der Waals surface area contributed by atoms with Crippen LogP contribution in [0, 0.1) is 6.92 Å². The molecule has 1 atom stereocenters. The van der Waals surface area contributed by atoms with Crippen LogP contribution in [0.5, 0.6) is 11.5 Å². The Morgan fingerprint density at radius 2 is 1.90 bits per heavy atom. The molecule has 3 rings (SSSR count). The van der Waals surface area contributed by atoms with Crippen molar-refractivity contribution in [3.05, 3.63) is 40.3 Å². The number of rotatable bonds is 7. The van der Waals surface area contributed by atoms with Gasteiger partial charge in [0, 0.05) is 37.0 Å². The molecule has 2 aromatic rings. The number of halogens is 3. The van der Waals surface area contributed by atoms with Crippen LogP contribution in [-0.2, 0) is 10.4 Å². The van der Waals surface area contributed by atoms with Crippen molar-refractivity contribution in [2.45, 2.75) is 51.0 Å². The van der Waals surface area contributed by atoms with Gasteiger partial charge < -0.3 is 19.5 Å². The van der Waals surface area contributed by atoms with E-state index in [1.165, 1.54) is 17.2 Å². The molecule has 1 aliphatic rings. The summed E-state index contributed by atoms with van der Waals surface area (Å²) in [5.41, 5.74) is -2.94. The topological polar surface area (TPSA) is 71.9 Å². The van der Waals surface area contributed by atoms with Crippen LogP contribution in [0.15, 0.2) is 29.6 Å². The molecule has 1 saturated heterocycles. The van der Waals surface area contributed by atoms with E-state index in [4.69, 9.17) is 9.47 Å². The molecule has 1 N–H and O–H groups in total. The van der Waals surface area contributed by atoms with Gasteiger partial charge in [-0.3, -0.25) is 4.79 Å². The summed E-state index contributed by atoms with van der Waals surface area (Å²) in [5, 5.41) is 11.3. The van der Waals surface area contributed by atoms with Gasteiger partial charge >= 0.3 is 6.18 Å². The molecule has 0 spiro atoms. The normalized spacial score (nSPS) is 17.3. The highest BCUT2D eigenvalue weighted by molar-refractivity contribution is 7.09. The van der Waals surface area contributed by atoms with Gasteiger partial charge in [-0.2, -0.15) is 13.2 Å². The number of para-hydroxylation sites is 2. The fourth-order valence-electron chi connectivity index (χ4n) is 3.40. The zero-order chi connectivity index (χ0) is 22.6. The van der Waals surface area contributed by atoms with Crippen molar-refractivity contribution >= 4 is 17.2 Å². The number of hydrogen-bond acceptors (Lipinski definition) is 6. The maximum Gasteiger partial charge on any atom is 0.424 e. The Morgan fingerprint density at radius 1 is 1.26 bits per heavy atom. The summed E-state index contributed by atoms with van der Waals surface area (Å²) >= 11 is 0.695. The number of ether oxygens (including phenoxy) is 2. The zero-order valence-electron chi connectivity index (χ0n) is 17.3. The van der Waals surface area contributed by atoms with Crippen LogP contribution in [0.2, 0.25) is 0 Å². The summed E-state index contributed by atoms with van der Waals surface area (Å²) in [6.45, 7) is 4.38. The first-order chi connectivity index (χ1) is 14.6. The maximum absolute atomic E-state index is 13.6. The van der Waals surface area contributed by atoms with Gasteiger partial charge in [-0.1, -0.05) is 12.1 Å². The number of carbonyl (C=O) groups is 1. The Bertz CT molecular complexity index is 897. The van der Waals surface area contributed by atoms with Gasteiger partial charge in [-0.05, 0) is 26.0 Å². The van der Waals surface area contributed by atoms with Crippen molar-refractivity contribution in [3.63, 3.8) is 0 Å². The lowest BCUT2D eigenvalue weighted by atomic mass is 9.97. The molecule has 1 amide bonds. The third-order valence-electron chi connectivity index (χ3n) is 5.09. The first-order valence-corrected chi connectivity index (χ1v) is 10.9. The first-order valence-electron chi connectivity index (χ1n) is 10.0. The maximum atomic E-state index is 13.6. The monoisotopic (exact) mass is 458 g/mol. The van der Waals surface area contributed by atoms with Crippen LogP contribution in [0.1, 0.15) is 36.9 Å². The molecule has 1 aromatic carbocycles. The van der Waals surface area contributed by atoms with E-state index in [-0.39, 0.29) is 19.2 Å². The Balaban J connectivity index is 1.62. The molecule has 0 bridgehead atoms. The summed E-state index contributed by atoms with van der Waals surface area (Å²) in [4.78, 5) is 17.7. The lowest BCUT2D eigenvalue weighted by Crippen LogP contribution is -2.49. The molecular weight excluding hydrogens is 433 g/mol. The molecule has 1 fully saturated rings. The number of aromatic nitrogens is 1. The summed E-state index contributed by atoms with van der Waals surface area (Å²) in [5.74, 6) is 0.457. The summed E-state index contributed by atoms with van der Waals surface area (Å²) in [6, 6.07) is 7.26. The van der Waals surface area contributed by atoms with Crippen LogP contribution >= 0.6 is 11.3 Å². The molecule has 10 heteroatoms. The standard InChI is InChI=1S/C21H25F3N2O4S/c1-3-29-16-6-4-5-7-17(16)30-15-8-10-26(11-9-15)18(27)12-20(28,21(22,23)24)19-25-14(2)13-31-19/h4-7,13,15,28H,3,8-12H2,1-2H3. The largest absolute Gasteiger partial charge is 0.490 e. The van der Waals surface area contributed by atoms with E-state index >= 15 is 0 Å². The second kappa shape index (κ2) is 9.44. The molecule has 1 aromatic heterocycles. The summed E-state index contributed by atoms with van der Waals surface area (Å²) in [6.07, 6.45) is -5.37. The third kappa shape index (κ3) is 5.30. The fourth-order valence-corrected chi connectivity index (χ4v) is 4.31. The van der Waals surface area contributed by atoms with Crippen LogP contribution < -0.4 is 9.47 Å². The van der Waals surface area contributed by atoms with Gasteiger partial charge in [0.15, 0.2) is 11.5 Å². The van der Waals surface area contributed by atoms with E-state index in [2.05, 4.69) is 4.98 Å². The minimum atomic E-state index is -5.02. The third-order valence-corrected chi connectivity index (χ3v) is 6.20. The van der Waals surface area contributed by atoms with E-state index < -0.39 is 29.1 Å². The number of likely N-dealkylation sites (tertiary alicyclic amines) is 1. The molecule has 0 aliphatic carbocycles. The summed E-state index contributed by atoms with van der Waals surface area (Å²) < 4.78 is 52.5. The van der Waals surface area contributed by atoms with Crippen molar-refractivity contribution in [2.75, 3.05) is 19.7 Å². The summed E-state index contributed by atoms with van der Waals surface area (Å²) in [7, 11) is 0. The number of alkyl halides is 3. The molecule has 170 valence electrons. The molecule has 1 aliphatic heterocycles. The van der Waals surface area contributed by atoms with Gasteiger partial charge in [-0.15, -0.1) is 11.3 Å². The SMILES string of the molecule is CCOc1ccccc1OC1CCN(C(=O)CC(O)(c2nc(C)cs2)C(F)(F)F)CC1. The van der Waals surface area contributed by atoms with Crippen LogP contribution in [0.25, 0.3) is 0 Å². The number of piperidine rings is 1. The van der Waals surface area contributed by atoms with E-state index in [0.717, 1.165) is 0 Å². The smallest absolute Gasteiger partial charge is 0.424 e. The number of amides is 1. The molecule has 0 saturated carbocycles. The van der Waals surface area contributed by atoms with Gasteiger partial charge in [0.2, 0.25) is 11.5 Å². The number of hydrogen-bond donors (Lipinski definition) is 1.